The number of nitrogens with one attached hydrogen (secondary N) is 2. The molecule has 2 aromatic rings. The maximum absolute atomic E-state index is 13.6. The van der Waals surface area contributed by atoms with Crippen molar-refractivity contribution in [2.45, 2.75) is 19.7 Å². The Labute approximate surface area is 136 Å². The number of hydrogen-bond donors (Lipinski definition) is 2. The zero-order valence-electron chi connectivity index (χ0n) is 13.5. The van der Waals surface area contributed by atoms with Crippen LogP contribution in [-0.2, 0) is 24.4 Å². The van der Waals surface area contributed by atoms with Gasteiger partial charge >= 0.3 is 0 Å². The van der Waals surface area contributed by atoms with Crippen LogP contribution >= 0.6 is 0 Å². The number of benzene rings is 2. The molecule has 0 saturated carbocycles. The fourth-order valence-electron chi connectivity index (χ4n) is 2.25. The van der Waals surface area contributed by atoms with E-state index in [1.54, 1.807) is 26.3 Å². The summed E-state index contributed by atoms with van der Waals surface area (Å²) in [5, 5.41) is 6.35. The Balaban J connectivity index is 1.92. The smallest absolute Gasteiger partial charge is 0.191 e. The van der Waals surface area contributed by atoms with Gasteiger partial charge < -0.3 is 15.4 Å². The highest BCUT2D eigenvalue weighted by Gasteiger charge is 2.05. The van der Waals surface area contributed by atoms with Gasteiger partial charge in [-0.15, -0.1) is 0 Å². The average molecular weight is 315 g/mol. The molecular formula is C18H22FN3O. The Morgan fingerprint density at radius 3 is 2.13 bits per heavy atom. The Kier molecular flexibility index (Phi) is 6.56. The molecule has 0 aliphatic rings. The molecule has 0 radical (unpaired) electrons. The van der Waals surface area contributed by atoms with Crippen LogP contribution in [-0.4, -0.2) is 20.1 Å². The molecule has 2 aromatic carbocycles. The van der Waals surface area contributed by atoms with Crippen molar-refractivity contribution in [3.8, 4) is 0 Å². The van der Waals surface area contributed by atoms with E-state index in [0.717, 1.165) is 11.1 Å². The summed E-state index contributed by atoms with van der Waals surface area (Å²) in [7, 11) is 3.37. The second-order valence-corrected chi connectivity index (χ2v) is 5.07. The number of methoxy groups -OCH3 is 1. The van der Waals surface area contributed by atoms with Gasteiger partial charge in [-0.05, 0) is 17.2 Å². The largest absolute Gasteiger partial charge is 0.380 e. The predicted octanol–water partition coefficient (Wildman–Crippen LogP) is 2.84. The third kappa shape index (κ3) is 5.07. The van der Waals surface area contributed by atoms with Crippen LogP contribution in [0, 0.1) is 5.82 Å². The van der Waals surface area contributed by atoms with Gasteiger partial charge in [-0.3, -0.25) is 4.99 Å². The molecule has 0 fully saturated rings. The van der Waals surface area contributed by atoms with Gasteiger partial charge in [-0.1, -0.05) is 42.5 Å². The zero-order chi connectivity index (χ0) is 16.5. The van der Waals surface area contributed by atoms with Crippen molar-refractivity contribution in [3.63, 3.8) is 0 Å². The number of ether oxygens (including phenoxy) is 1. The Morgan fingerprint density at radius 2 is 1.52 bits per heavy atom. The summed E-state index contributed by atoms with van der Waals surface area (Å²) in [6, 6.07) is 14.8. The Bertz CT molecular complexity index is 658. The van der Waals surface area contributed by atoms with Crippen molar-refractivity contribution in [2.75, 3.05) is 14.2 Å². The second kappa shape index (κ2) is 8.90. The molecule has 4 nitrogen and oxygen atoms in total. The van der Waals surface area contributed by atoms with Crippen molar-refractivity contribution >= 4 is 5.96 Å². The van der Waals surface area contributed by atoms with E-state index in [1.165, 1.54) is 6.07 Å². The lowest BCUT2D eigenvalue weighted by molar-refractivity contribution is 0.184. The molecule has 0 unspecified atom stereocenters. The van der Waals surface area contributed by atoms with Gasteiger partial charge in [0.15, 0.2) is 5.96 Å². The highest BCUT2D eigenvalue weighted by molar-refractivity contribution is 5.79. The zero-order valence-corrected chi connectivity index (χ0v) is 13.5. The van der Waals surface area contributed by atoms with Gasteiger partial charge in [0.25, 0.3) is 0 Å². The summed E-state index contributed by atoms with van der Waals surface area (Å²) in [6.45, 7) is 1.57. The first-order valence-corrected chi connectivity index (χ1v) is 7.48. The number of aliphatic imine (C=N–C) groups is 1. The molecule has 5 heteroatoms. The lowest BCUT2D eigenvalue weighted by Crippen LogP contribution is -2.36. The van der Waals surface area contributed by atoms with Crippen LogP contribution in [0.4, 0.5) is 4.39 Å². The number of rotatable bonds is 6. The van der Waals surface area contributed by atoms with Crippen LogP contribution in [0.1, 0.15) is 16.7 Å². The van der Waals surface area contributed by atoms with E-state index in [2.05, 4.69) is 15.6 Å². The van der Waals surface area contributed by atoms with Crippen LogP contribution in [0.2, 0.25) is 0 Å². The number of guanidine groups is 1. The molecule has 2 rings (SSSR count). The Morgan fingerprint density at radius 1 is 0.957 bits per heavy atom. The molecule has 0 atom stereocenters. The molecular weight excluding hydrogens is 293 g/mol. The summed E-state index contributed by atoms with van der Waals surface area (Å²) < 4.78 is 18.8. The monoisotopic (exact) mass is 315 g/mol. The van der Waals surface area contributed by atoms with Crippen LogP contribution < -0.4 is 10.6 Å². The third-order valence-electron chi connectivity index (χ3n) is 3.49. The lowest BCUT2D eigenvalue weighted by atomic mass is 10.1. The van der Waals surface area contributed by atoms with E-state index >= 15 is 0 Å². The Hall–Kier alpha value is -2.40. The van der Waals surface area contributed by atoms with Gasteiger partial charge in [0.2, 0.25) is 0 Å². The van der Waals surface area contributed by atoms with Crippen LogP contribution in [0.3, 0.4) is 0 Å². The molecule has 0 aliphatic heterocycles. The highest BCUT2D eigenvalue weighted by Crippen LogP contribution is 2.09. The SMILES string of the molecule is CN=C(NCc1ccccc1F)NCc1ccccc1COC. The molecule has 2 N–H and O–H groups in total. The summed E-state index contributed by atoms with van der Waals surface area (Å²) in [5.41, 5.74) is 2.88. The fourth-order valence-corrected chi connectivity index (χ4v) is 2.25. The predicted molar refractivity (Wildman–Crippen MR) is 90.6 cm³/mol. The first-order chi connectivity index (χ1) is 11.2. The highest BCUT2D eigenvalue weighted by atomic mass is 19.1. The first kappa shape index (κ1) is 17.0. The van der Waals surface area contributed by atoms with E-state index in [-0.39, 0.29) is 5.82 Å². The standard InChI is InChI=1S/C18H22FN3O/c1-20-18(22-12-15-8-5-6-10-17(15)19)21-11-14-7-3-4-9-16(14)13-23-2/h3-10H,11-13H2,1-2H3,(H2,20,21,22). The number of halogens is 1. The van der Waals surface area contributed by atoms with Crippen molar-refractivity contribution in [1.82, 2.24) is 10.6 Å². The topological polar surface area (TPSA) is 45.7 Å². The summed E-state index contributed by atoms with van der Waals surface area (Å²) >= 11 is 0. The minimum atomic E-state index is -0.221. The van der Waals surface area contributed by atoms with Crippen molar-refractivity contribution in [3.05, 3.63) is 71.0 Å². The molecule has 0 heterocycles. The van der Waals surface area contributed by atoms with Gasteiger partial charge in [-0.25, -0.2) is 4.39 Å². The second-order valence-electron chi connectivity index (χ2n) is 5.07. The molecule has 0 aromatic heterocycles. The van der Waals surface area contributed by atoms with E-state index in [4.69, 9.17) is 4.74 Å². The summed E-state index contributed by atoms with van der Waals surface area (Å²) in [6.07, 6.45) is 0. The maximum atomic E-state index is 13.6. The van der Waals surface area contributed by atoms with Crippen molar-refractivity contribution in [2.24, 2.45) is 4.99 Å². The minimum absolute atomic E-state index is 0.221. The van der Waals surface area contributed by atoms with Crippen molar-refractivity contribution in [1.29, 1.82) is 0 Å². The normalized spacial score (nSPS) is 11.3. The molecule has 23 heavy (non-hydrogen) atoms. The van der Waals surface area contributed by atoms with E-state index in [1.807, 2.05) is 30.3 Å². The first-order valence-electron chi connectivity index (χ1n) is 7.48. The average Bonchev–Trinajstić information content (AvgIpc) is 2.58. The van der Waals surface area contributed by atoms with Crippen LogP contribution in [0.25, 0.3) is 0 Å². The third-order valence-corrected chi connectivity index (χ3v) is 3.49. The van der Waals surface area contributed by atoms with Crippen LogP contribution in [0.5, 0.6) is 0 Å². The molecule has 122 valence electrons. The minimum Gasteiger partial charge on any atom is -0.380 e. The van der Waals surface area contributed by atoms with E-state index < -0.39 is 0 Å². The van der Waals surface area contributed by atoms with Gasteiger partial charge in [0, 0.05) is 32.8 Å². The molecule has 0 aliphatic carbocycles. The molecule has 0 saturated heterocycles. The van der Waals surface area contributed by atoms with Gasteiger partial charge in [0.1, 0.15) is 5.82 Å². The lowest BCUT2D eigenvalue weighted by Gasteiger charge is -2.14. The van der Waals surface area contributed by atoms with Gasteiger partial charge in [0.05, 0.1) is 6.61 Å². The van der Waals surface area contributed by atoms with Crippen molar-refractivity contribution < 1.29 is 9.13 Å². The maximum Gasteiger partial charge on any atom is 0.191 e. The van der Waals surface area contributed by atoms with Gasteiger partial charge in [-0.2, -0.15) is 0 Å². The number of hydrogen-bond acceptors (Lipinski definition) is 2. The molecule has 0 spiro atoms. The number of nitrogens with zero attached hydrogens (tertiary/aromatic N) is 1. The van der Waals surface area contributed by atoms with E-state index in [0.29, 0.717) is 31.2 Å². The molecule has 0 amide bonds. The van der Waals surface area contributed by atoms with E-state index in [9.17, 15) is 4.39 Å². The fraction of sp³-hybridized carbons (Fsp3) is 0.278. The molecule has 0 bridgehead atoms. The van der Waals surface area contributed by atoms with Crippen LogP contribution in [0.15, 0.2) is 53.5 Å². The summed E-state index contributed by atoms with van der Waals surface area (Å²) in [4.78, 5) is 4.16. The quantitative estimate of drug-likeness (QED) is 0.636. The summed E-state index contributed by atoms with van der Waals surface area (Å²) in [5.74, 6) is 0.404.